The highest BCUT2D eigenvalue weighted by Crippen LogP contribution is 2.42. The van der Waals surface area contributed by atoms with Crippen LogP contribution in [0.25, 0.3) is 0 Å². The lowest BCUT2D eigenvalue weighted by Crippen LogP contribution is -2.36. The van der Waals surface area contributed by atoms with Crippen LogP contribution in [0.5, 0.6) is 0 Å². The topological polar surface area (TPSA) is 65.0 Å². The van der Waals surface area contributed by atoms with Crippen molar-refractivity contribution in [3.63, 3.8) is 0 Å². The van der Waals surface area contributed by atoms with Crippen LogP contribution in [-0.2, 0) is 19.1 Å². The number of esters is 2. The molecule has 2 atom stereocenters. The van der Waals surface area contributed by atoms with E-state index in [4.69, 9.17) is 16.3 Å². The standard InChI is InChI=1S/C18H17ClF3NO4/c1-9-13(16(24)26-3)15(11-6-4-5-7-12(11)19)14(10(2)23-9)17(25)27-8-18(20,21)22/h4-7,13,15H,8H2,1-3H3. The first-order chi connectivity index (χ1) is 12.6. The highest BCUT2D eigenvalue weighted by molar-refractivity contribution is 6.31. The van der Waals surface area contributed by atoms with Gasteiger partial charge in [0.15, 0.2) is 6.61 Å². The molecule has 146 valence electrons. The molecule has 2 rings (SSSR count). The summed E-state index contributed by atoms with van der Waals surface area (Å²) in [5.74, 6) is -3.90. The number of allylic oxidation sites excluding steroid dienone is 1. The molecule has 0 spiro atoms. The second-order valence-corrected chi connectivity index (χ2v) is 6.35. The van der Waals surface area contributed by atoms with Crippen molar-refractivity contribution in [2.75, 3.05) is 13.7 Å². The third-order valence-corrected chi connectivity index (χ3v) is 4.45. The van der Waals surface area contributed by atoms with Crippen LogP contribution >= 0.6 is 11.6 Å². The number of benzene rings is 1. The Morgan fingerprint density at radius 1 is 1.22 bits per heavy atom. The van der Waals surface area contributed by atoms with Gasteiger partial charge in [-0.15, -0.1) is 0 Å². The molecule has 27 heavy (non-hydrogen) atoms. The molecule has 0 aliphatic carbocycles. The lowest BCUT2D eigenvalue weighted by Gasteiger charge is -2.31. The summed E-state index contributed by atoms with van der Waals surface area (Å²) >= 11 is 6.24. The number of nitrogens with zero attached hydrogens (tertiary/aromatic N) is 1. The Labute approximate surface area is 158 Å². The SMILES string of the molecule is COC(=O)C1C(C)=NC(C)=C(C(=O)OCC(F)(F)F)C1c1ccccc1Cl. The molecule has 0 N–H and O–H groups in total. The van der Waals surface area contributed by atoms with Crippen molar-refractivity contribution in [1.29, 1.82) is 0 Å². The number of hydrogen-bond acceptors (Lipinski definition) is 5. The molecule has 5 nitrogen and oxygen atoms in total. The smallest absolute Gasteiger partial charge is 0.422 e. The Morgan fingerprint density at radius 3 is 2.41 bits per heavy atom. The summed E-state index contributed by atoms with van der Waals surface area (Å²) in [5.41, 5.74) is 0.747. The molecule has 2 unspecified atom stereocenters. The van der Waals surface area contributed by atoms with Gasteiger partial charge in [-0.1, -0.05) is 29.8 Å². The van der Waals surface area contributed by atoms with Crippen LogP contribution in [-0.4, -0.2) is 37.5 Å². The molecular formula is C18H17ClF3NO4. The number of hydrogen-bond donors (Lipinski definition) is 0. The van der Waals surface area contributed by atoms with Gasteiger partial charge in [0.05, 0.1) is 12.7 Å². The molecule has 1 heterocycles. The molecule has 0 fully saturated rings. The van der Waals surface area contributed by atoms with Crippen molar-refractivity contribution in [1.82, 2.24) is 0 Å². The molecule has 1 aromatic rings. The van der Waals surface area contributed by atoms with Crippen molar-refractivity contribution < 1.29 is 32.2 Å². The number of carbonyl (C=O) groups excluding carboxylic acids is 2. The quantitative estimate of drug-likeness (QED) is 0.711. The van der Waals surface area contributed by atoms with Crippen LogP contribution in [0.4, 0.5) is 13.2 Å². The Hall–Kier alpha value is -2.35. The second-order valence-electron chi connectivity index (χ2n) is 5.94. The van der Waals surface area contributed by atoms with Crippen LogP contribution in [0.2, 0.25) is 5.02 Å². The van der Waals surface area contributed by atoms with Crippen LogP contribution in [0.1, 0.15) is 25.3 Å². The zero-order chi connectivity index (χ0) is 20.4. The number of rotatable bonds is 4. The van der Waals surface area contributed by atoms with Gasteiger partial charge in [0.1, 0.15) is 5.92 Å². The van der Waals surface area contributed by atoms with E-state index in [-0.39, 0.29) is 16.3 Å². The number of aliphatic imine (C=N–C) groups is 1. The molecule has 0 saturated carbocycles. The van der Waals surface area contributed by atoms with Gasteiger partial charge in [0.2, 0.25) is 0 Å². The second kappa shape index (κ2) is 8.12. The largest absolute Gasteiger partial charge is 0.468 e. The van der Waals surface area contributed by atoms with E-state index in [2.05, 4.69) is 9.73 Å². The van der Waals surface area contributed by atoms with E-state index in [1.54, 1.807) is 31.2 Å². The maximum atomic E-state index is 12.5. The van der Waals surface area contributed by atoms with E-state index >= 15 is 0 Å². The van der Waals surface area contributed by atoms with E-state index < -0.39 is 36.6 Å². The van der Waals surface area contributed by atoms with E-state index in [1.165, 1.54) is 14.0 Å². The third-order valence-electron chi connectivity index (χ3n) is 4.11. The van der Waals surface area contributed by atoms with Crippen molar-refractivity contribution in [3.8, 4) is 0 Å². The molecule has 0 saturated heterocycles. The number of carbonyl (C=O) groups is 2. The minimum atomic E-state index is -4.68. The Morgan fingerprint density at radius 2 is 1.85 bits per heavy atom. The fraction of sp³-hybridized carbons (Fsp3) is 0.389. The summed E-state index contributed by atoms with van der Waals surface area (Å²) in [7, 11) is 1.17. The predicted octanol–water partition coefficient (Wildman–Crippen LogP) is 4.07. The molecule has 1 aliphatic heterocycles. The molecule has 1 aliphatic rings. The summed E-state index contributed by atoms with van der Waals surface area (Å²) in [6.45, 7) is 1.29. The van der Waals surface area contributed by atoms with Gasteiger partial charge < -0.3 is 9.47 Å². The fourth-order valence-electron chi connectivity index (χ4n) is 3.02. The van der Waals surface area contributed by atoms with Crippen LogP contribution < -0.4 is 0 Å². The molecule has 0 bridgehead atoms. The molecule has 9 heteroatoms. The highest BCUT2D eigenvalue weighted by Gasteiger charge is 2.43. The average molecular weight is 404 g/mol. The molecule has 1 aromatic carbocycles. The summed E-state index contributed by atoms with van der Waals surface area (Å²) < 4.78 is 46.6. The lowest BCUT2D eigenvalue weighted by atomic mass is 9.75. The predicted molar refractivity (Wildman–Crippen MR) is 92.5 cm³/mol. The minimum absolute atomic E-state index is 0.157. The van der Waals surface area contributed by atoms with E-state index in [1.807, 2.05) is 0 Å². The van der Waals surface area contributed by atoms with Gasteiger partial charge in [-0.25, -0.2) is 4.79 Å². The molecule has 0 aromatic heterocycles. The number of methoxy groups -OCH3 is 1. The van der Waals surface area contributed by atoms with E-state index in [0.29, 0.717) is 11.3 Å². The Balaban J connectivity index is 2.58. The number of alkyl halides is 3. The van der Waals surface area contributed by atoms with Crippen LogP contribution in [0.3, 0.4) is 0 Å². The number of halogens is 4. The average Bonchev–Trinajstić information content (AvgIpc) is 2.58. The van der Waals surface area contributed by atoms with Crippen molar-refractivity contribution in [3.05, 3.63) is 46.1 Å². The number of ether oxygens (including phenoxy) is 2. The van der Waals surface area contributed by atoms with E-state index in [0.717, 1.165) is 0 Å². The highest BCUT2D eigenvalue weighted by atomic mass is 35.5. The van der Waals surface area contributed by atoms with Gasteiger partial charge in [0.25, 0.3) is 0 Å². The lowest BCUT2D eigenvalue weighted by molar-refractivity contribution is -0.183. The summed E-state index contributed by atoms with van der Waals surface area (Å²) in [6.07, 6.45) is -4.68. The fourth-order valence-corrected chi connectivity index (χ4v) is 3.28. The normalized spacial score (nSPS) is 20.2. The van der Waals surface area contributed by atoms with Gasteiger partial charge >= 0.3 is 18.1 Å². The van der Waals surface area contributed by atoms with Gasteiger partial charge in [-0.3, -0.25) is 9.79 Å². The molecule has 0 amide bonds. The molecule has 0 radical (unpaired) electrons. The van der Waals surface area contributed by atoms with Crippen LogP contribution in [0.15, 0.2) is 40.5 Å². The summed E-state index contributed by atoms with van der Waals surface area (Å²) in [4.78, 5) is 29.0. The first-order valence-corrected chi connectivity index (χ1v) is 8.26. The zero-order valence-electron chi connectivity index (χ0n) is 14.8. The Bertz CT molecular complexity index is 817. The molecular weight excluding hydrogens is 387 g/mol. The minimum Gasteiger partial charge on any atom is -0.468 e. The maximum absolute atomic E-state index is 12.5. The van der Waals surface area contributed by atoms with Gasteiger partial charge in [-0.2, -0.15) is 13.2 Å². The van der Waals surface area contributed by atoms with E-state index in [9.17, 15) is 22.8 Å². The van der Waals surface area contributed by atoms with Crippen molar-refractivity contribution in [2.45, 2.75) is 25.9 Å². The first-order valence-electron chi connectivity index (χ1n) is 7.89. The Kier molecular flexibility index (Phi) is 6.30. The third kappa shape index (κ3) is 4.68. The summed E-state index contributed by atoms with van der Waals surface area (Å²) in [5, 5.41) is 0.250. The van der Waals surface area contributed by atoms with Gasteiger partial charge in [0, 0.05) is 22.3 Å². The maximum Gasteiger partial charge on any atom is 0.422 e. The van der Waals surface area contributed by atoms with Crippen LogP contribution in [0, 0.1) is 5.92 Å². The summed E-state index contributed by atoms with van der Waals surface area (Å²) in [6, 6.07) is 6.44. The van der Waals surface area contributed by atoms with Gasteiger partial charge in [-0.05, 0) is 25.5 Å². The van der Waals surface area contributed by atoms with Crippen molar-refractivity contribution in [2.24, 2.45) is 10.9 Å². The zero-order valence-corrected chi connectivity index (χ0v) is 15.5. The first kappa shape index (κ1) is 21.0. The monoisotopic (exact) mass is 403 g/mol. The van der Waals surface area contributed by atoms with Crippen molar-refractivity contribution >= 4 is 29.3 Å².